The second-order valence-corrected chi connectivity index (χ2v) is 9.94. The summed E-state index contributed by atoms with van der Waals surface area (Å²) in [6.45, 7) is 13.1. The third-order valence-corrected chi connectivity index (χ3v) is 8.33. The molecule has 0 unspecified atom stereocenters. The molecule has 1 heterocycles. The first-order valence-electron chi connectivity index (χ1n) is 11.1. The third-order valence-electron chi connectivity index (χ3n) is 8.33. The van der Waals surface area contributed by atoms with Crippen LogP contribution in [0.25, 0.3) is 0 Å². The van der Waals surface area contributed by atoms with E-state index in [1.807, 2.05) is 0 Å². The predicted molar refractivity (Wildman–Crippen MR) is 112 cm³/mol. The topological polar surface area (TPSA) is 32.8 Å². The summed E-state index contributed by atoms with van der Waals surface area (Å²) in [6.07, 6.45) is 4.21. The number of ether oxygens (including phenoxy) is 1. The van der Waals surface area contributed by atoms with Crippen LogP contribution in [-0.4, -0.2) is 54.6 Å². The smallest absolute Gasteiger partial charge is 0.307 e. The molecule has 0 aromatic heterocycles. The molecule has 0 radical (unpaired) electrons. The monoisotopic (exact) mass is 384 g/mol. The molecule has 28 heavy (non-hydrogen) atoms. The largest absolute Gasteiger partial charge is 0.462 e. The average Bonchev–Trinajstić information content (AvgIpc) is 3.02. The molecule has 4 rings (SSSR count). The molecule has 0 N–H and O–H groups in total. The van der Waals surface area contributed by atoms with Crippen molar-refractivity contribution in [2.75, 3.05) is 32.7 Å². The van der Waals surface area contributed by atoms with Gasteiger partial charge in [0.25, 0.3) is 0 Å². The lowest BCUT2D eigenvalue weighted by atomic mass is 9.70. The van der Waals surface area contributed by atoms with E-state index in [0.717, 1.165) is 45.7 Å². The van der Waals surface area contributed by atoms with E-state index in [4.69, 9.17) is 4.74 Å². The van der Waals surface area contributed by atoms with Crippen LogP contribution in [-0.2, 0) is 16.1 Å². The zero-order valence-electron chi connectivity index (χ0n) is 17.8. The molecule has 3 atom stereocenters. The number of esters is 1. The zero-order chi connectivity index (χ0) is 19.8. The second kappa shape index (κ2) is 7.79. The Morgan fingerprint density at radius 2 is 1.75 bits per heavy atom. The van der Waals surface area contributed by atoms with Gasteiger partial charge in [-0.2, -0.15) is 0 Å². The lowest BCUT2D eigenvalue weighted by molar-refractivity contribution is -0.157. The van der Waals surface area contributed by atoms with Crippen LogP contribution in [0.4, 0.5) is 0 Å². The first-order chi connectivity index (χ1) is 13.4. The molecular formula is C24H36N2O2. The Morgan fingerprint density at radius 1 is 1.07 bits per heavy atom. The Kier molecular flexibility index (Phi) is 5.54. The Morgan fingerprint density at radius 3 is 2.36 bits per heavy atom. The van der Waals surface area contributed by atoms with Crippen molar-refractivity contribution in [2.45, 2.75) is 59.1 Å². The van der Waals surface area contributed by atoms with Crippen molar-refractivity contribution in [1.82, 2.24) is 9.80 Å². The highest BCUT2D eigenvalue weighted by molar-refractivity contribution is 5.70. The molecule has 154 valence electrons. The summed E-state index contributed by atoms with van der Waals surface area (Å²) in [6, 6.07) is 10.7. The Labute approximate surface area is 170 Å². The Balaban J connectivity index is 1.18. The Bertz CT molecular complexity index is 681. The summed E-state index contributed by atoms with van der Waals surface area (Å²) in [5.74, 6) is 0.717. The molecule has 3 aliphatic rings. The molecular weight excluding hydrogens is 348 g/mol. The fraction of sp³-hybridized carbons (Fsp3) is 0.708. The van der Waals surface area contributed by atoms with Crippen LogP contribution in [0, 0.1) is 16.7 Å². The van der Waals surface area contributed by atoms with Crippen molar-refractivity contribution in [1.29, 1.82) is 0 Å². The van der Waals surface area contributed by atoms with Gasteiger partial charge in [-0.25, -0.2) is 0 Å². The van der Waals surface area contributed by atoms with Crippen molar-refractivity contribution < 1.29 is 9.53 Å². The SMILES string of the molecule is CC1(C)[C@H]2CC[C@]1(C)[C@H](OC(=O)CCN1CCN(Cc3ccccc3)CC1)C2. The standard InChI is InChI=1S/C24H36N2O2/c1-23(2)20-9-11-24(23,3)21(17-20)28-22(27)10-12-25-13-15-26(16-14-25)18-19-7-5-4-6-8-19/h4-8,20-21H,9-18H2,1-3H3/t20-,21+,24+/m0/s1. The highest BCUT2D eigenvalue weighted by Gasteiger charge is 2.62. The van der Waals surface area contributed by atoms with E-state index >= 15 is 0 Å². The van der Waals surface area contributed by atoms with Gasteiger partial charge in [0.05, 0.1) is 6.42 Å². The highest BCUT2D eigenvalue weighted by Crippen LogP contribution is 2.66. The van der Waals surface area contributed by atoms with E-state index in [1.165, 1.54) is 18.4 Å². The second-order valence-electron chi connectivity index (χ2n) is 9.94. The van der Waals surface area contributed by atoms with Crippen molar-refractivity contribution in [3.63, 3.8) is 0 Å². The highest BCUT2D eigenvalue weighted by atomic mass is 16.5. The van der Waals surface area contributed by atoms with Crippen LogP contribution in [0.2, 0.25) is 0 Å². The first kappa shape index (κ1) is 19.9. The van der Waals surface area contributed by atoms with Gasteiger partial charge in [0, 0.05) is 44.7 Å². The molecule has 3 fully saturated rings. The molecule has 1 saturated heterocycles. The maximum absolute atomic E-state index is 12.5. The maximum atomic E-state index is 12.5. The summed E-state index contributed by atoms with van der Waals surface area (Å²) in [7, 11) is 0. The number of fused-ring (bicyclic) bond motifs is 2. The number of rotatable bonds is 6. The molecule has 4 heteroatoms. The number of piperazine rings is 1. The summed E-state index contributed by atoms with van der Waals surface area (Å²) in [5, 5.41) is 0. The first-order valence-corrected chi connectivity index (χ1v) is 11.1. The number of hydrogen-bond donors (Lipinski definition) is 0. The van der Waals surface area contributed by atoms with Gasteiger partial charge in [0.15, 0.2) is 0 Å². The van der Waals surface area contributed by atoms with Gasteiger partial charge in [-0.05, 0) is 36.2 Å². The van der Waals surface area contributed by atoms with E-state index in [2.05, 4.69) is 60.9 Å². The van der Waals surface area contributed by atoms with Crippen LogP contribution >= 0.6 is 0 Å². The van der Waals surface area contributed by atoms with Crippen LogP contribution < -0.4 is 0 Å². The number of carbonyl (C=O) groups excluding carboxylic acids is 1. The minimum absolute atomic E-state index is 0.00119. The number of nitrogens with zero attached hydrogens (tertiary/aromatic N) is 2. The summed E-state index contributed by atoms with van der Waals surface area (Å²) < 4.78 is 6.00. The van der Waals surface area contributed by atoms with Gasteiger partial charge in [-0.15, -0.1) is 0 Å². The summed E-state index contributed by atoms with van der Waals surface area (Å²) >= 11 is 0. The number of carbonyl (C=O) groups is 1. The van der Waals surface area contributed by atoms with Crippen molar-refractivity contribution in [3.05, 3.63) is 35.9 Å². The van der Waals surface area contributed by atoms with E-state index < -0.39 is 0 Å². The van der Waals surface area contributed by atoms with Gasteiger partial charge in [0.2, 0.25) is 0 Å². The molecule has 0 spiro atoms. The van der Waals surface area contributed by atoms with E-state index in [-0.39, 0.29) is 17.5 Å². The van der Waals surface area contributed by atoms with Crippen LogP contribution in [0.3, 0.4) is 0 Å². The van der Waals surface area contributed by atoms with Crippen molar-refractivity contribution in [3.8, 4) is 0 Å². The van der Waals surface area contributed by atoms with Crippen LogP contribution in [0.1, 0.15) is 52.0 Å². The summed E-state index contributed by atoms with van der Waals surface area (Å²) in [5.41, 5.74) is 1.84. The quantitative estimate of drug-likeness (QED) is 0.695. The van der Waals surface area contributed by atoms with E-state index in [1.54, 1.807) is 0 Å². The molecule has 1 aromatic carbocycles. The molecule has 1 aliphatic heterocycles. The Hall–Kier alpha value is -1.39. The normalized spacial score (nSPS) is 32.5. The van der Waals surface area contributed by atoms with Gasteiger partial charge < -0.3 is 9.64 Å². The predicted octanol–water partition coefficient (Wildman–Crippen LogP) is 3.95. The van der Waals surface area contributed by atoms with E-state index in [9.17, 15) is 4.79 Å². The number of benzene rings is 1. The zero-order valence-corrected chi connectivity index (χ0v) is 17.8. The van der Waals surface area contributed by atoms with Gasteiger partial charge in [-0.1, -0.05) is 51.1 Å². The molecule has 1 aromatic rings. The summed E-state index contributed by atoms with van der Waals surface area (Å²) in [4.78, 5) is 17.4. The maximum Gasteiger partial charge on any atom is 0.307 e. The third kappa shape index (κ3) is 3.73. The molecule has 2 saturated carbocycles. The average molecular weight is 385 g/mol. The van der Waals surface area contributed by atoms with Crippen molar-refractivity contribution in [2.24, 2.45) is 16.7 Å². The minimum atomic E-state index is 0.00119. The lowest BCUT2D eigenvalue weighted by Gasteiger charge is -2.38. The molecule has 4 nitrogen and oxygen atoms in total. The molecule has 2 bridgehead atoms. The fourth-order valence-corrected chi connectivity index (χ4v) is 5.79. The fourth-order valence-electron chi connectivity index (χ4n) is 5.79. The van der Waals surface area contributed by atoms with Gasteiger partial charge in [0.1, 0.15) is 6.10 Å². The van der Waals surface area contributed by atoms with Gasteiger partial charge >= 0.3 is 5.97 Å². The van der Waals surface area contributed by atoms with Gasteiger partial charge in [-0.3, -0.25) is 9.69 Å². The van der Waals surface area contributed by atoms with Crippen molar-refractivity contribution >= 4 is 5.97 Å². The van der Waals surface area contributed by atoms with E-state index in [0.29, 0.717) is 17.8 Å². The minimum Gasteiger partial charge on any atom is -0.462 e. The molecule has 0 amide bonds. The number of hydrogen-bond acceptors (Lipinski definition) is 4. The molecule has 2 aliphatic carbocycles. The lowest BCUT2D eigenvalue weighted by Crippen LogP contribution is -2.46. The van der Waals surface area contributed by atoms with Crippen LogP contribution in [0.15, 0.2) is 30.3 Å². The van der Waals surface area contributed by atoms with Crippen LogP contribution in [0.5, 0.6) is 0 Å².